The van der Waals surface area contributed by atoms with E-state index in [4.69, 9.17) is 0 Å². The van der Waals surface area contributed by atoms with Crippen molar-refractivity contribution in [1.29, 1.82) is 0 Å². The molecule has 0 amide bonds. The number of aromatic nitrogens is 4. The number of hydrogen-bond donors (Lipinski definition) is 0. The van der Waals surface area contributed by atoms with Gasteiger partial charge in [-0.1, -0.05) is 0 Å². The second-order valence-corrected chi connectivity index (χ2v) is 3.70. The van der Waals surface area contributed by atoms with Crippen LogP contribution < -0.4 is 0 Å². The van der Waals surface area contributed by atoms with E-state index in [1.165, 1.54) is 6.07 Å². The fourth-order valence-electron chi connectivity index (χ4n) is 1.72. The summed E-state index contributed by atoms with van der Waals surface area (Å²) in [7, 11) is 0. The van der Waals surface area contributed by atoms with Crippen LogP contribution in [0.2, 0.25) is 0 Å². The molecule has 0 aliphatic carbocycles. The van der Waals surface area contributed by atoms with Gasteiger partial charge in [0.05, 0.1) is 23.3 Å². The zero-order valence-corrected chi connectivity index (χ0v) is 9.13. The molecule has 0 saturated heterocycles. The number of rotatable bonds is 1. The number of fused-ring (bicyclic) bond motifs is 1. The van der Waals surface area contributed by atoms with Crippen LogP contribution in [0.15, 0.2) is 36.7 Å². The lowest BCUT2D eigenvalue weighted by atomic mass is 10.2. The lowest BCUT2D eigenvalue weighted by Gasteiger charge is -2.04. The number of halogens is 1. The van der Waals surface area contributed by atoms with Crippen molar-refractivity contribution >= 4 is 5.65 Å². The Morgan fingerprint density at radius 1 is 1.12 bits per heavy atom. The van der Waals surface area contributed by atoms with E-state index in [9.17, 15) is 4.39 Å². The van der Waals surface area contributed by atoms with Crippen LogP contribution in [0.4, 0.5) is 4.39 Å². The Kier molecular flexibility index (Phi) is 2.11. The summed E-state index contributed by atoms with van der Waals surface area (Å²) in [6, 6.07) is 6.66. The largest absolute Gasteiger partial charge is 0.248 e. The van der Waals surface area contributed by atoms with Crippen LogP contribution in [-0.4, -0.2) is 19.6 Å². The summed E-state index contributed by atoms with van der Waals surface area (Å²) >= 11 is 0. The quantitative estimate of drug-likeness (QED) is 0.641. The number of pyridine rings is 1. The van der Waals surface area contributed by atoms with Crippen molar-refractivity contribution in [1.82, 2.24) is 19.6 Å². The molecule has 3 aromatic heterocycles. The molecule has 5 heteroatoms. The van der Waals surface area contributed by atoms with Gasteiger partial charge in [-0.25, -0.2) is 18.9 Å². The summed E-state index contributed by atoms with van der Waals surface area (Å²) in [4.78, 5) is 8.38. The third kappa shape index (κ3) is 1.56. The maximum absolute atomic E-state index is 13.2. The predicted molar refractivity (Wildman–Crippen MR) is 60.9 cm³/mol. The third-order valence-electron chi connectivity index (χ3n) is 2.57. The highest BCUT2D eigenvalue weighted by molar-refractivity contribution is 5.58. The Hall–Kier alpha value is -2.30. The van der Waals surface area contributed by atoms with Crippen molar-refractivity contribution < 1.29 is 4.39 Å². The zero-order chi connectivity index (χ0) is 11.8. The monoisotopic (exact) mass is 228 g/mol. The maximum atomic E-state index is 13.2. The summed E-state index contributed by atoms with van der Waals surface area (Å²) in [5, 5.41) is 4.17. The Labute approximate surface area is 96.8 Å². The summed E-state index contributed by atoms with van der Waals surface area (Å²) in [6.07, 6.45) is 3.36. The van der Waals surface area contributed by atoms with E-state index in [2.05, 4.69) is 15.1 Å². The minimum absolute atomic E-state index is 0.306. The highest BCUT2D eigenvalue weighted by Gasteiger charge is 2.07. The van der Waals surface area contributed by atoms with Gasteiger partial charge in [0.2, 0.25) is 0 Å². The van der Waals surface area contributed by atoms with Crippen LogP contribution in [-0.2, 0) is 0 Å². The first-order valence-corrected chi connectivity index (χ1v) is 5.18. The van der Waals surface area contributed by atoms with Gasteiger partial charge in [-0.3, -0.25) is 0 Å². The number of nitrogens with zero attached hydrogens (tertiary/aromatic N) is 4. The second kappa shape index (κ2) is 3.62. The molecule has 0 atom stereocenters. The SMILES string of the molecule is Cc1nc(-c2ccnc3ccnn23)ccc1F. The Bertz CT molecular complexity index is 690. The van der Waals surface area contributed by atoms with Gasteiger partial charge < -0.3 is 0 Å². The zero-order valence-electron chi connectivity index (χ0n) is 9.13. The third-order valence-corrected chi connectivity index (χ3v) is 2.57. The fourth-order valence-corrected chi connectivity index (χ4v) is 1.72. The Balaban J connectivity index is 2.26. The molecule has 3 aromatic rings. The molecular weight excluding hydrogens is 219 g/mol. The molecular formula is C12H9FN4. The van der Waals surface area contributed by atoms with E-state index >= 15 is 0 Å². The molecule has 0 bridgehead atoms. The van der Waals surface area contributed by atoms with Crippen LogP contribution in [0.1, 0.15) is 5.69 Å². The Morgan fingerprint density at radius 3 is 2.82 bits per heavy atom. The van der Waals surface area contributed by atoms with Crippen molar-refractivity contribution in [3.05, 3.63) is 48.2 Å². The van der Waals surface area contributed by atoms with Crippen molar-refractivity contribution in [2.75, 3.05) is 0 Å². The lowest BCUT2D eigenvalue weighted by Crippen LogP contribution is -1.98. The van der Waals surface area contributed by atoms with Crippen LogP contribution in [0.5, 0.6) is 0 Å². The van der Waals surface area contributed by atoms with Crippen molar-refractivity contribution in [2.24, 2.45) is 0 Å². The van der Waals surface area contributed by atoms with Crippen molar-refractivity contribution in [3.8, 4) is 11.4 Å². The first kappa shape index (κ1) is 9.89. The van der Waals surface area contributed by atoms with E-state index < -0.39 is 0 Å². The van der Waals surface area contributed by atoms with Gasteiger partial charge in [-0.2, -0.15) is 5.10 Å². The minimum atomic E-state index is -0.306. The highest BCUT2D eigenvalue weighted by Crippen LogP contribution is 2.18. The smallest absolute Gasteiger partial charge is 0.155 e. The van der Waals surface area contributed by atoms with Gasteiger partial charge in [-0.05, 0) is 25.1 Å². The predicted octanol–water partition coefficient (Wildman–Crippen LogP) is 2.24. The maximum Gasteiger partial charge on any atom is 0.155 e. The van der Waals surface area contributed by atoms with Crippen molar-refractivity contribution in [2.45, 2.75) is 6.92 Å². The molecule has 0 N–H and O–H groups in total. The van der Waals surface area contributed by atoms with E-state index in [1.54, 1.807) is 42.0 Å². The second-order valence-electron chi connectivity index (χ2n) is 3.70. The van der Waals surface area contributed by atoms with Crippen LogP contribution in [0, 0.1) is 12.7 Å². The van der Waals surface area contributed by atoms with Gasteiger partial charge in [0.15, 0.2) is 5.65 Å². The van der Waals surface area contributed by atoms with Gasteiger partial charge in [0.1, 0.15) is 5.82 Å². The molecule has 17 heavy (non-hydrogen) atoms. The first-order chi connectivity index (χ1) is 8.25. The van der Waals surface area contributed by atoms with Crippen LogP contribution in [0.25, 0.3) is 17.0 Å². The summed E-state index contributed by atoms with van der Waals surface area (Å²) in [6.45, 7) is 1.64. The molecule has 0 unspecified atom stereocenters. The molecule has 3 rings (SSSR count). The lowest BCUT2D eigenvalue weighted by molar-refractivity contribution is 0.610. The highest BCUT2D eigenvalue weighted by atomic mass is 19.1. The van der Waals surface area contributed by atoms with Crippen molar-refractivity contribution in [3.63, 3.8) is 0 Å². The first-order valence-electron chi connectivity index (χ1n) is 5.18. The molecule has 0 fully saturated rings. The van der Waals surface area contributed by atoms with E-state index in [0.29, 0.717) is 11.4 Å². The molecule has 0 radical (unpaired) electrons. The topological polar surface area (TPSA) is 43.1 Å². The fraction of sp³-hybridized carbons (Fsp3) is 0.0833. The van der Waals surface area contributed by atoms with Gasteiger partial charge >= 0.3 is 0 Å². The minimum Gasteiger partial charge on any atom is -0.248 e. The molecule has 3 heterocycles. The standard InChI is InChI=1S/C12H9FN4/c1-8-9(13)2-3-10(16-8)11-4-6-14-12-5-7-15-17(11)12/h2-7H,1H3. The van der Waals surface area contributed by atoms with Crippen LogP contribution in [0.3, 0.4) is 0 Å². The van der Waals surface area contributed by atoms with E-state index in [0.717, 1.165) is 11.3 Å². The molecule has 0 aliphatic heterocycles. The van der Waals surface area contributed by atoms with Gasteiger partial charge in [0.25, 0.3) is 0 Å². The normalized spacial score (nSPS) is 10.9. The summed E-state index contributed by atoms with van der Waals surface area (Å²) in [5.74, 6) is -0.306. The van der Waals surface area contributed by atoms with Crippen LogP contribution >= 0.6 is 0 Å². The Morgan fingerprint density at radius 2 is 2.00 bits per heavy atom. The summed E-state index contributed by atoms with van der Waals surface area (Å²) in [5.41, 5.74) is 2.59. The van der Waals surface area contributed by atoms with Gasteiger partial charge in [-0.15, -0.1) is 0 Å². The van der Waals surface area contributed by atoms with E-state index in [-0.39, 0.29) is 5.82 Å². The van der Waals surface area contributed by atoms with Gasteiger partial charge in [0, 0.05) is 12.3 Å². The van der Waals surface area contributed by atoms with E-state index in [1.807, 2.05) is 0 Å². The molecule has 0 aromatic carbocycles. The molecule has 4 nitrogen and oxygen atoms in total. The average Bonchev–Trinajstić information content (AvgIpc) is 2.80. The average molecular weight is 228 g/mol. The number of aryl methyl sites for hydroxylation is 1. The molecule has 0 saturated carbocycles. The summed E-state index contributed by atoms with van der Waals surface area (Å²) < 4.78 is 14.9. The molecule has 0 aliphatic rings. The number of hydrogen-bond acceptors (Lipinski definition) is 3. The molecule has 0 spiro atoms. The molecule has 84 valence electrons.